The van der Waals surface area contributed by atoms with Gasteiger partial charge in [-0.3, -0.25) is 19.2 Å². The molecule has 2 heterocycles. The van der Waals surface area contributed by atoms with Crippen LogP contribution in [0.1, 0.15) is 45.1 Å². The SMILES string of the molecule is CCC(C)C(NC(=O)C(CC(N)=O)NC(=O)C1CCCN1)C(=O)NC(Cc1c[nH]c2ccccc12)C(=O)O. The van der Waals surface area contributed by atoms with Gasteiger partial charge in [-0.05, 0) is 36.9 Å². The summed E-state index contributed by atoms with van der Waals surface area (Å²) < 4.78 is 0. The van der Waals surface area contributed by atoms with Crippen molar-refractivity contribution >= 4 is 40.5 Å². The van der Waals surface area contributed by atoms with Crippen LogP contribution in [0.5, 0.6) is 0 Å². The zero-order valence-electron chi connectivity index (χ0n) is 21.6. The van der Waals surface area contributed by atoms with Crippen molar-refractivity contribution in [3.8, 4) is 0 Å². The maximum Gasteiger partial charge on any atom is 0.326 e. The van der Waals surface area contributed by atoms with Gasteiger partial charge in [-0.1, -0.05) is 38.5 Å². The fraction of sp³-hybridized carbons (Fsp3) is 0.500. The number of carboxylic acid groups (broad SMARTS) is 1. The lowest BCUT2D eigenvalue weighted by Gasteiger charge is -2.28. The van der Waals surface area contributed by atoms with E-state index in [0.29, 0.717) is 19.4 Å². The van der Waals surface area contributed by atoms with E-state index in [1.54, 1.807) is 13.1 Å². The number of H-pyrrole nitrogens is 1. The van der Waals surface area contributed by atoms with Crippen molar-refractivity contribution in [3.63, 3.8) is 0 Å². The van der Waals surface area contributed by atoms with Crippen LogP contribution in [0.3, 0.4) is 0 Å². The Bertz CT molecular complexity index is 1170. The highest BCUT2D eigenvalue weighted by atomic mass is 16.4. The second-order valence-corrected chi connectivity index (χ2v) is 9.72. The quantitative estimate of drug-likeness (QED) is 0.189. The largest absolute Gasteiger partial charge is 0.480 e. The van der Waals surface area contributed by atoms with Crippen molar-refractivity contribution in [2.75, 3.05) is 6.54 Å². The van der Waals surface area contributed by atoms with Crippen LogP contribution in [0, 0.1) is 5.92 Å². The number of aliphatic carboxylic acids is 1. The molecule has 8 N–H and O–H groups in total. The summed E-state index contributed by atoms with van der Waals surface area (Å²) in [6.07, 6.45) is 3.19. The Hall–Kier alpha value is -3.93. The molecule has 1 aromatic heterocycles. The van der Waals surface area contributed by atoms with Crippen molar-refractivity contribution in [3.05, 3.63) is 36.0 Å². The van der Waals surface area contributed by atoms with E-state index in [1.807, 2.05) is 31.2 Å². The zero-order valence-corrected chi connectivity index (χ0v) is 21.6. The van der Waals surface area contributed by atoms with Gasteiger partial charge in [0, 0.05) is 23.5 Å². The van der Waals surface area contributed by atoms with Crippen molar-refractivity contribution in [2.45, 2.75) is 70.1 Å². The molecule has 4 amide bonds. The first kappa shape index (κ1) is 28.6. The number of nitrogens with one attached hydrogen (secondary N) is 5. The standard InChI is InChI=1S/C26H36N6O6/c1-3-14(2)22(32-24(35)19(12-21(27)33)30-23(34)18-9-6-10-28-18)25(36)31-20(26(37)38)11-15-13-29-17-8-5-4-7-16(15)17/h4-5,7-8,13-14,18-20,22,28-29H,3,6,9-12H2,1-2H3,(H2,27,33)(H,30,34)(H,31,36)(H,32,35)(H,37,38). The Labute approximate surface area is 220 Å². The maximum absolute atomic E-state index is 13.3. The van der Waals surface area contributed by atoms with Crippen molar-refractivity contribution in [1.82, 2.24) is 26.3 Å². The smallest absolute Gasteiger partial charge is 0.326 e. The van der Waals surface area contributed by atoms with E-state index in [0.717, 1.165) is 22.9 Å². The number of aromatic nitrogens is 1. The predicted molar refractivity (Wildman–Crippen MR) is 140 cm³/mol. The van der Waals surface area contributed by atoms with E-state index in [9.17, 15) is 29.1 Å². The number of carbonyl (C=O) groups is 5. The van der Waals surface area contributed by atoms with Crippen LogP contribution < -0.4 is 27.0 Å². The molecule has 0 aliphatic carbocycles. The fourth-order valence-corrected chi connectivity index (χ4v) is 4.53. The number of rotatable bonds is 13. The molecule has 2 aromatic rings. The minimum Gasteiger partial charge on any atom is -0.480 e. The summed E-state index contributed by atoms with van der Waals surface area (Å²) in [5, 5.41) is 21.4. The Morgan fingerprint density at radius 3 is 2.45 bits per heavy atom. The van der Waals surface area contributed by atoms with Crippen molar-refractivity contribution in [2.24, 2.45) is 11.7 Å². The molecule has 5 unspecified atom stereocenters. The third-order valence-corrected chi connectivity index (χ3v) is 6.92. The van der Waals surface area contributed by atoms with Gasteiger partial charge in [0.15, 0.2) is 0 Å². The first-order valence-electron chi connectivity index (χ1n) is 12.8. The average Bonchev–Trinajstić information content (AvgIpc) is 3.56. The van der Waals surface area contributed by atoms with E-state index >= 15 is 0 Å². The molecule has 1 aliphatic heterocycles. The highest BCUT2D eigenvalue weighted by Gasteiger charge is 2.34. The van der Waals surface area contributed by atoms with E-state index in [-0.39, 0.29) is 12.3 Å². The number of primary amides is 1. The van der Waals surface area contributed by atoms with Crippen molar-refractivity contribution in [1.29, 1.82) is 0 Å². The van der Waals surface area contributed by atoms with Gasteiger partial charge in [0.2, 0.25) is 23.6 Å². The topological polar surface area (TPSA) is 196 Å². The summed E-state index contributed by atoms with van der Waals surface area (Å²) in [5.41, 5.74) is 6.88. The average molecular weight is 529 g/mol. The predicted octanol–water partition coefficient (Wildman–Crippen LogP) is -0.0771. The number of hydrogen-bond donors (Lipinski definition) is 7. The lowest BCUT2D eigenvalue weighted by atomic mass is 9.96. The third-order valence-electron chi connectivity index (χ3n) is 6.92. The van der Waals surface area contributed by atoms with Gasteiger partial charge in [-0.2, -0.15) is 0 Å². The number of para-hydroxylation sites is 1. The van der Waals surface area contributed by atoms with Gasteiger partial charge in [0.25, 0.3) is 0 Å². The van der Waals surface area contributed by atoms with E-state index in [4.69, 9.17) is 5.73 Å². The lowest BCUT2D eigenvalue weighted by Crippen LogP contribution is -2.59. The maximum atomic E-state index is 13.3. The van der Waals surface area contributed by atoms with E-state index in [1.165, 1.54) is 0 Å². The summed E-state index contributed by atoms with van der Waals surface area (Å²) >= 11 is 0. The number of hydrogen-bond acceptors (Lipinski definition) is 6. The monoisotopic (exact) mass is 528 g/mol. The molecule has 0 radical (unpaired) electrons. The van der Waals surface area contributed by atoms with Crippen LogP contribution in [0.2, 0.25) is 0 Å². The van der Waals surface area contributed by atoms with Gasteiger partial charge in [0.05, 0.1) is 12.5 Å². The molecule has 12 nitrogen and oxygen atoms in total. The molecule has 206 valence electrons. The van der Waals surface area contributed by atoms with Crippen LogP contribution in [-0.2, 0) is 30.4 Å². The summed E-state index contributed by atoms with van der Waals surface area (Å²) in [4.78, 5) is 65.7. The molecule has 0 bridgehead atoms. The third kappa shape index (κ3) is 7.31. The van der Waals surface area contributed by atoms with Gasteiger partial charge in [0.1, 0.15) is 18.1 Å². The Morgan fingerprint density at radius 1 is 1.08 bits per heavy atom. The molecule has 38 heavy (non-hydrogen) atoms. The van der Waals surface area contributed by atoms with E-state index < -0.39 is 60.2 Å². The molecule has 3 rings (SSSR count). The Kier molecular flexibility index (Phi) is 9.83. The van der Waals surface area contributed by atoms with Gasteiger partial charge in [-0.15, -0.1) is 0 Å². The number of aromatic amines is 1. The molecule has 1 saturated heterocycles. The summed E-state index contributed by atoms with van der Waals surface area (Å²) in [5.74, 6) is -4.25. The molecule has 5 atom stereocenters. The van der Waals surface area contributed by atoms with Crippen LogP contribution in [0.25, 0.3) is 10.9 Å². The molecule has 0 spiro atoms. The van der Waals surface area contributed by atoms with Gasteiger partial charge < -0.3 is 37.1 Å². The molecule has 0 saturated carbocycles. The molecular formula is C26H36N6O6. The zero-order chi connectivity index (χ0) is 27.8. The van der Waals surface area contributed by atoms with Crippen LogP contribution in [-0.4, -0.2) is 70.4 Å². The normalized spacial score (nSPS) is 18.2. The second kappa shape index (κ2) is 13.0. The molecule has 1 fully saturated rings. The number of carboxylic acids is 1. The molecule has 1 aliphatic rings. The molecule has 1 aromatic carbocycles. The number of fused-ring (bicyclic) bond motifs is 1. The number of nitrogens with two attached hydrogens (primary N) is 1. The summed E-state index contributed by atoms with van der Waals surface area (Å²) in [6.45, 7) is 4.24. The molecular weight excluding hydrogens is 492 g/mol. The first-order chi connectivity index (χ1) is 18.1. The van der Waals surface area contributed by atoms with Gasteiger partial charge in [-0.25, -0.2) is 4.79 Å². The highest BCUT2D eigenvalue weighted by molar-refractivity contribution is 5.96. The minimum absolute atomic E-state index is 0.0288. The van der Waals surface area contributed by atoms with Crippen LogP contribution in [0.15, 0.2) is 30.5 Å². The minimum atomic E-state index is -1.27. The summed E-state index contributed by atoms with van der Waals surface area (Å²) in [6, 6.07) is 3.32. The van der Waals surface area contributed by atoms with Crippen molar-refractivity contribution < 1.29 is 29.1 Å². The van der Waals surface area contributed by atoms with Crippen LogP contribution in [0.4, 0.5) is 0 Å². The fourth-order valence-electron chi connectivity index (χ4n) is 4.53. The van der Waals surface area contributed by atoms with Crippen LogP contribution >= 0.6 is 0 Å². The van der Waals surface area contributed by atoms with Gasteiger partial charge >= 0.3 is 5.97 Å². The lowest BCUT2D eigenvalue weighted by molar-refractivity contribution is -0.142. The Morgan fingerprint density at radius 2 is 1.82 bits per heavy atom. The highest BCUT2D eigenvalue weighted by Crippen LogP contribution is 2.19. The molecule has 12 heteroatoms. The number of amides is 4. The number of benzene rings is 1. The first-order valence-corrected chi connectivity index (χ1v) is 12.8. The second-order valence-electron chi connectivity index (χ2n) is 9.72. The Balaban J connectivity index is 1.73. The summed E-state index contributed by atoms with van der Waals surface area (Å²) in [7, 11) is 0. The number of carbonyl (C=O) groups excluding carboxylic acids is 4. The van der Waals surface area contributed by atoms with E-state index in [2.05, 4.69) is 26.3 Å².